The number of ketones is 1. The van der Waals surface area contributed by atoms with Gasteiger partial charge in [-0.1, -0.05) is 31.0 Å². The maximum atomic E-state index is 12.9. The van der Waals surface area contributed by atoms with Gasteiger partial charge in [-0.05, 0) is 25.0 Å². The number of hydrogen-bond acceptors (Lipinski definition) is 4. The maximum absolute atomic E-state index is 12.9. The summed E-state index contributed by atoms with van der Waals surface area (Å²) in [5.74, 6) is -1.87. The highest BCUT2D eigenvalue weighted by molar-refractivity contribution is 6.48. The van der Waals surface area contributed by atoms with E-state index in [4.69, 9.17) is 0 Å². The summed E-state index contributed by atoms with van der Waals surface area (Å²) in [6.07, 6.45) is 7.01. The van der Waals surface area contributed by atoms with Crippen LogP contribution in [0.4, 0.5) is 5.69 Å². The molecule has 160 valence electrons. The number of amides is 2. The number of hydrogen-bond donors (Lipinski definition) is 2. The fourth-order valence-electron chi connectivity index (χ4n) is 3.94. The molecule has 2 N–H and O–H groups in total. The number of nitrogens with zero attached hydrogens (tertiary/aromatic N) is 2. The van der Waals surface area contributed by atoms with Crippen LogP contribution in [-0.4, -0.2) is 45.1 Å². The number of anilines is 1. The van der Waals surface area contributed by atoms with Crippen molar-refractivity contribution in [2.75, 3.05) is 18.4 Å². The molecule has 3 aromatic rings. The molecule has 1 aromatic carbocycles. The first-order chi connectivity index (χ1) is 15.0. The molecular formula is C23H24N4O4. The van der Waals surface area contributed by atoms with Gasteiger partial charge in [0.25, 0.3) is 23.2 Å². The van der Waals surface area contributed by atoms with Crippen LogP contribution < -0.4 is 10.9 Å². The van der Waals surface area contributed by atoms with Crippen LogP contribution in [0.15, 0.2) is 47.5 Å². The van der Waals surface area contributed by atoms with Gasteiger partial charge >= 0.3 is 0 Å². The number of carbonyl (C=O) groups excluding carboxylic acids is 3. The summed E-state index contributed by atoms with van der Waals surface area (Å²) in [5.41, 5.74) is 0.675. The number of nitrogens with one attached hydrogen (secondary N) is 2. The highest BCUT2D eigenvalue weighted by Gasteiger charge is 2.23. The van der Waals surface area contributed by atoms with Crippen molar-refractivity contribution in [1.82, 2.24) is 14.5 Å². The second-order valence-corrected chi connectivity index (χ2v) is 7.80. The lowest BCUT2D eigenvalue weighted by atomic mass is 10.1. The Morgan fingerprint density at radius 3 is 2.48 bits per heavy atom. The third-order valence-electron chi connectivity index (χ3n) is 5.61. The summed E-state index contributed by atoms with van der Waals surface area (Å²) in [5, 5.41) is 3.03. The Morgan fingerprint density at radius 2 is 1.74 bits per heavy atom. The zero-order valence-electron chi connectivity index (χ0n) is 17.3. The predicted octanol–water partition coefficient (Wildman–Crippen LogP) is 2.70. The minimum absolute atomic E-state index is 0.0960. The summed E-state index contributed by atoms with van der Waals surface area (Å²) < 4.78 is 1.25. The molecule has 1 saturated heterocycles. The van der Waals surface area contributed by atoms with Crippen LogP contribution in [0.1, 0.15) is 46.4 Å². The zero-order valence-corrected chi connectivity index (χ0v) is 17.3. The molecule has 3 heterocycles. The van der Waals surface area contributed by atoms with Crippen LogP contribution in [0.5, 0.6) is 0 Å². The van der Waals surface area contributed by atoms with Crippen LogP contribution in [0.2, 0.25) is 0 Å². The van der Waals surface area contributed by atoms with Crippen molar-refractivity contribution in [1.29, 1.82) is 0 Å². The molecule has 0 bridgehead atoms. The third kappa shape index (κ3) is 4.14. The number of pyridine rings is 1. The van der Waals surface area contributed by atoms with Crippen LogP contribution in [0, 0.1) is 0 Å². The lowest BCUT2D eigenvalue weighted by Gasteiger charge is -2.21. The van der Waals surface area contributed by atoms with E-state index in [0.717, 1.165) is 31.2 Å². The Balaban J connectivity index is 1.59. The number of aryl methyl sites for hydroxylation is 1. The summed E-state index contributed by atoms with van der Waals surface area (Å²) in [6.45, 7) is 1.34. The molecule has 0 unspecified atom stereocenters. The van der Waals surface area contributed by atoms with E-state index < -0.39 is 17.2 Å². The number of para-hydroxylation sites is 1. The van der Waals surface area contributed by atoms with Crippen molar-refractivity contribution >= 4 is 34.2 Å². The standard InChI is InChI=1S/C23H24N4O4/c1-26-14-15(22(30)27-10-6-2-3-7-11-27)12-19(23(26)31)25-21(29)20(28)17-13-24-18-9-5-4-8-16(17)18/h4-5,8-9,12-14,24H,2-3,6-7,10-11H2,1H3,(H,25,29). The minimum atomic E-state index is -0.929. The first-order valence-electron chi connectivity index (χ1n) is 10.4. The molecule has 1 aliphatic rings. The van der Waals surface area contributed by atoms with E-state index in [1.807, 2.05) is 6.07 Å². The number of carbonyl (C=O) groups is 3. The molecule has 0 aliphatic carbocycles. The second-order valence-electron chi connectivity index (χ2n) is 7.80. The molecular weight excluding hydrogens is 396 g/mol. The molecule has 1 fully saturated rings. The molecule has 2 aromatic heterocycles. The predicted molar refractivity (Wildman–Crippen MR) is 117 cm³/mol. The summed E-state index contributed by atoms with van der Waals surface area (Å²) in [4.78, 5) is 55.6. The van der Waals surface area contributed by atoms with Gasteiger partial charge < -0.3 is 19.8 Å². The fraction of sp³-hybridized carbons (Fsp3) is 0.304. The third-order valence-corrected chi connectivity index (χ3v) is 5.61. The normalized spacial score (nSPS) is 14.3. The van der Waals surface area contributed by atoms with Crippen LogP contribution in [0.25, 0.3) is 10.9 Å². The van der Waals surface area contributed by atoms with Gasteiger partial charge in [0.05, 0.1) is 11.1 Å². The quantitative estimate of drug-likeness (QED) is 0.500. The van der Waals surface area contributed by atoms with Crippen LogP contribution in [-0.2, 0) is 11.8 Å². The lowest BCUT2D eigenvalue weighted by Crippen LogP contribution is -2.34. The van der Waals surface area contributed by atoms with Crippen molar-refractivity contribution in [3.05, 3.63) is 64.2 Å². The molecule has 0 radical (unpaired) electrons. The van der Waals surface area contributed by atoms with Gasteiger partial charge in [0.1, 0.15) is 5.69 Å². The number of likely N-dealkylation sites (tertiary alicyclic amines) is 1. The average Bonchev–Trinajstić information content (AvgIpc) is 3.01. The lowest BCUT2D eigenvalue weighted by molar-refractivity contribution is -0.112. The number of aromatic nitrogens is 2. The van der Waals surface area contributed by atoms with Crippen molar-refractivity contribution in [3.8, 4) is 0 Å². The zero-order chi connectivity index (χ0) is 22.0. The Morgan fingerprint density at radius 1 is 1.03 bits per heavy atom. The van der Waals surface area contributed by atoms with Crippen molar-refractivity contribution in [2.45, 2.75) is 25.7 Å². The van der Waals surface area contributed by atoms with E-state index >= 15 is 0 Å². The van der Waals surface area contributed by atoms with Crippen molar-refractivity contribution < 1.29 is 14.4 Å². The molecule has 8 nitrogen and oxygen atoms in total. The number of fused-ring (bicyclic) bond motifs is 1. The number of rotatable bonds is 4. The first kappa shape index (κ1) is 20.6. The highest BCUT2D eigenvalue weighted by atomic mass is 16.2. The summed E-state index contributed by atoms with van der Waals surface area (Å²) >= 11 is 0. The number of benzene rings is 1. The van der Waals surface area contributed by atoms with Crippen molar-refractivity contribution in [3.63, 3.8) is 0 Å². The number of Topliss-reactive ketones (excluding diaryl/α,β-unsaturated/α-hetero) is 1. The SMILES string of the molecule is Cn1cc(C(=O)N2CCCCCC2)cc(NC(=O)C(=O)c2c[nH]c3ccccc23)c1=O. The van der Waals surface area contributed by atoms with Gasteiger partial charge in [0, 0.05) is 43.4 Å². The van der Waals surface area contributed by atoms with Crippen LogP contribution in [0.3, 0.4) is 0 Å². The Labute approximate surface area is 178 Å². The molecule has 1 aliphatic heterocycles. The minimum Gasteiger partial charge on any atom is -0.360 e. The van der Waals surface area contributed by atoms with Gasteiger partial charge in [0.15, 0.2) is 0 Å². The first-order valence-corrected chi connectivity index (χ1v) is 10.4. The smallest absolute Gasteiger partial charge is 0.296 e. The van der Waals surface area contributed by atoms with Crippen LogP contribution >= 0.6 is 0 Å². The Bertz CT molecular complexity index is 1220. The monoisotopic (exact) mass is 420 g/mol. The number of aromatic amines is 1. The molecule has 2 amide bonds. The molecule has 4 rings (SSSR count). The summed E-state index contributed by atoms with van der Waals surface area (Å²) in [7, 11) is 1.51. The molecule has 0 saturated carbocycles. The highest BCUT2D eigenvalue weighted by Crippen LogP contribution is 2.19. The summed E-state index contributed by atoms with van der Waals surface area (Å²) in [6, 6.07) is 8.50. The maximum Gasteiger partial charge on any atom is 0.296 e. The van der Waals surface area contributed by atoms with Gasteiger partial charge in [-0.15, -0.1) is 0 Å². The Hall–Kier alpha value is -3.68. The van der Waals surface area contributed by atoms with Gasteiger partial charge in [-0.3, -0.25) is 19.2 Å². The largest absolute Gasteiger partial charge is 0.360 e. The van der Waals surface area contributed by atoms with E-state index in [2.05, 4.69) is 10.3 Å². The topological polar surface area (TPSA) is 104 Å². The Kier molecular flexibility index (Phi) is 5.70. The van der Waals surface area contributed by atoms with Gasteiger partial charge in [-0.2, -0.15) is 0 Å². The van der Waals surface area contributed by atoms with Gasteiger partial charge in [-0.25, -0.2) is 0 Å². The molecule has 0 spiro atoms. The van der Waals surface area contributed by atoms with E-state index in [-0.39, 0.29) is 17.2 Å². The van der Waals surface area contributed by atoms with Gasteiger partial charge in [0.2, 0.25) is 0 Å². The fourth-order valence-corrected chi connectivity index (χ4v) is 3.94. The molecule has 8 heteroatoms. The van der Waals surface area contributed by atoms with E-state index in [1.165, 1.54) is 30.1 Å². The molecule has 0 atom stereocenters. The average molecular weight is 420 g/mol. The van der Waals surface area contributed by atoms with E-state index in [9.17, 15) is 19.2 Å². The molecule has 31 heavy (non-hydrogen) atoms. The van der Waals surface area contributed by atoms with E-state index in [0.29, 0.717) is 24.0 Å². The van der Waals surface area contributed by atoms with E-state index in [1.54, 1.807) is 23.1 Å². The second kappa shape index (κ2) is 8.59. The number of H-pyrrole nitrogens is 1. The van der Waals surface area contributed by atoms with Crippen molar-refractivity contribution in [2.24, 2.45) is 7.05 Å².